The zero-order valence-electron chi connectivity index (χ0n) is 23.9. The first-order valence-electron chi connectivity index (χ1n) is 14.7. The largest absolute Gasteiger partial charge is 0.448 e. The molecule has 0 aromatic heterocycles. The average Bonchev–Trinajstić information content (AvgIpc) is 3.69. The molecule has 43 heavy (non-hydrogen) atoms. The number of nitrogens with zero attached hydrogens (tertiary/aromatic N) is 2. The van der Waals surface area contributed by atoms with E-state index >= 15 is 0 Å². The van der Waals surface area contributed by atoms with Crippen LogP contribution in [0.5, 0.6) is 0 Å². The Bertz CT molecular complexity index is 1310. The van der Waals surface area contributed by atoms with E-state index in [2.05, 4.69) is 45.5 Å². The second-order valence-corrected chi connectivity index (χ2v) is 11.4. The highest BCUT2D eigenvalue weighted by Crippen LogP contribution is 2.44. The van der Waals surface area contributed by atoms with Crippen molar-refractivity contribution in [2.75, 3.05) is 33.5 Å². The van der Waals surface area contributed by atoms with Gasteiger partial charge in [0.15, 0.2) is 6.29 Å². The lowest BCUT2D eigenvalue weighted by Gasteiger charge is -2.38. The third kappa shape index (κ3) is 5.96. The molecular formula is C30H38N6O7. The van der Waals surface area contributed by atoms with Gasteiger partial charge in [0.25, 0.3) is 0 Å². The lowest BCUT2D eigenvalue weighted by molar-refractivity contribution is -0.132. The van der Waals surface area contributed by atoms with Gasteiger partial charge in [0, 0.05) is 32.4 Å². The molecule has 3 fully saturated rings. The van der Waals surface area contributed by atoms with E-state index in [0.29, 0.717) is 26.1 Å². The summed E-state index contributed by atoms with van der Waals surface area (Å²) in [5, 5.41) is 31.4. The lowest BCUT2D eigenvalue weighted by atomic mass is 9.98. The molecule has 6 rings (SSSR count). The van der Waals surface area contributed by atoms with Crippen LogP contribution < -0.4 is 21.3 Å². The number of nitrogens with one attached hydrogen (secondary N) is 4. The van der Waals surface area contributed by atoms with Crippen molar-refractivity contribution in [2.45, 2.75) is 62.1 Å². The minimum Gasteiger partial charge on any atom is -0.448 e. The summed E-state index contributed by atoms with van der Waals surface area (Å²) in [7, 11) is 1.64. The Morgan fingerprint density at radius 1 is 1.14 bits per heavy atom. The fraction of sp³-hybridized carbons (Fsp3) is 0.500. The summed E-state index contributed by atoms with van der Waals surface area (Å²) >= 11 is 0. The molecule has 4 unspecified atom stereocenters. The highest BCUT2D eigenvalue weighted by atomic mass is 16.6. The van der Waals surface area contributed by atoms with Crippen LogP contribution in [0.15, 0.2) is 48.5 Å². The SMILES string of the molecule is CN(CCCC(=O)NC1NC(=O)C2NCN([C@H]3CC(O)[C@@H](CO)O3)C2N1)C(=O)OCC1c2ccccc2-c2ccccc21. The number of hydrogen-bond donors (Lipinski definition) is 6. The van der Waals surface area contributed by atoms with Crippen LogP contribution in [0.2, 0.25) is 0 Å². The van der Waals surface area contributed by atoms with E-state index in [0.717, 1.165) is 22.3 Å². The summed E-state index contributed by atoms with van der Waals surface area (Å²) in [6, 6.07) is 15.8. The second-order valence-electron chi connectivity index (χ2n) is 11.4. The van der Waals surface area contributed by atoms with Crippen LogP contribution in [0.1, 0.15) is 36.3 Å². The van der Waals surface area contributed by atoms with Gasteiger partial charge in [-0.2, -0.15) is 0 Å². The zero-order chi connectivity index (χ0) is 30.1. The number of benzene rings is 2. The van der Waals surface area contributed by atoms with Gasteiger partial charge in [0.2, 0.25) is 11.8 Å². The monoisotopic (exact) mass is 594 g/mol. The minimum atomic E-state index is -0.802. The Morgan fingerprint density at radius 2 is 1.84 bits per heavy atom. The molecule has 13 nitrogen and oxygen atoms in total. The summed E-state index contributed by atoms with van der Waals surface area (Å²) < 4.78 is 11.4. The smallest absolute Gasteiger partial charge is 0.409 e. The van der Waals surface area contributed by atoms with E-state index in [9.17, 15) is 24.6 Å². The third-order valence-electron chi connectivity index (χ3n) is 8.68. The zero-order valence-corrected chi connectivity index (χ0v) is 23.9. The molecule has 3 heterocycles. The molecule has 1 aliphatic carbocycles. The van der Waals surface area contributed by atoms with Gasteiger partial charge in [-0.3, -0.25) is 20.2 Å². The van der Waals surface area contributed by atoms with Gasteiger partial charge in [-0.15, -0.1) is 0 Å². The van der Waals surface area contributed by atoms with Crippen molar-refractivity contribution >= 4 is 17.9 Å². The van der Waals surface area contributed by atoms with Crippen LogP contribution in [0, 0.1) is 0 Å². The predicted molar refractivity (Wildman–Crippen MR) is 154 cm³/mol. The molecule has 6 N–H and O–H groups in total. The van der Waals surface area contributed by atoms with Gasteiger partial charge in [0.1, 0.15) is 25.0 Å². The van der Waals surface area contributed by atoms with E-state index in [1.807, 2.05) is 29.2 Å². The standard InChI is InChI=1S/C30H38N6O7/c1-35(30(41)42-15-21-19-9-4-2-7-17(19)18-8-3-5-10-20(18)21)12-6-11-24(39)32-29-33-27-26(28(40)34-29)31-16-36(27)25-13-22(38)23(14-37)43-25/h2-5,7-10,21-23,25-27,29,31,33,37-38H,6,11-16H2,1H3,(H,32,39)(H,34,40)/t22?,23-,25-,26?,27?,29?/m1/s1. The van der Waals surface area contributed by atoms with E-state index in [1.54, 1.807) is 7.05 Å². The maximum absolute atomic E-state index is 12.8. The van der Waals surface area contributed by atoms with Crippen LogP contribution in [-0.2, 0) is 19.1 Å². The number of amides is 3. The van der Waals surface area contributed by atoms with Crippen LogP contribution in [0.25, 0.3) is 11.1 Å². The number of carbonyl (C=O) groups excluding carboxylic acids is 3. The summed E-state index contributed by atoms with van der Waals surface area (Å²) in [5.41, 5.74) is 4.61. The van der Waals surface area contributed by atoms with Crippen LogP contribution in [-0.4, -0.2) is 108 Å². The average molecular weight is 595 g/mol. The summed E-state index contributed by atoms with van der Waals surface area (Å²) in [6.07, 6.45) is -2.85. The van der Waals surface area contributed by atoms with Crippen molar-refractivity contribution < 1.29 is 34.1 Å². The van der Waals surface area contributed by atoms with Gasteiger partial charge in [-0.25, -0.2) is 9.69 Å². The maximum atomic E-state index is 12.8. The predicted octanol–water partition coefficient (Wildman–Crippen LogP) is -0.208. The number of fused-ring (bicyclic) bond motifs is 4. The maximum Gasteiger partial charge on any atom is 0.409 e. The molecule has 0 bridgehead atoms. The Kier molecular flexibility index (Phi) is 8.61. The van der Waals surface area contributed by atoms with E-state index in [1.165, 1.54) is 4.90 Å². The van der Waals surface area contributed by atoms with Gasteiger partial charge in [0.05, 0.1) is 25.5 Å². The van der Waals surface area contributed by atoms with Crippen LogP contribution in [0.3, 0.4) is 0 Å². The first-order chi connectivity index (χ1) is 20.8. The fourth-order valence-electron chi connectivity index (χ4n) is 6.43. The lowest BCUT2D eigenvalue weighted by Crippen LogP contribution is -2.72. The number of ether oxygens (including phenoxy) is 2. The minimum absolute atomic E-state index is 0.0271. The van der Waals surface area contributed by atoms with Crippen molar-refractivity contribution in [3.63, 3.8) is 0 Å². The van der Waals surface area contributed by atoms with Gasteiger partial charge in [-0.1, -0.05) is 48.5 Å². The molecule has 3 amide bonds. The van der Waals surface area contributed by atoms with Crippen LogP contribution in [0.4, 0.5) is 4.79 Å². The highest BCUT2D eigenvalue weighted by molar-refractivity contribution is 5.85. The molecule has 3 saturated heterocycles. The first kappa shape index (κ1) is 29.5. The van der Waals surface area contributed by atoms with Crippen molar-refractivity contribution in [2.24, 2.45) is 0 Å². The molecule has 2 aromatic carbocycles. The Balaban J connectivity index is 0.950. The van der Waals surface area contributed by atoms with Crippen LogP contribution >= 0.6 is 0 Å². The molecule has 230 valence electrons. The normalized spacial score (nSPS) is 28.1. The molecule has 2 aromatic rings. The Morgan fingerprint density at radius 3 is 2.51 bits per heavy atom. The molecule has 4 aliphatic rings. The number of hydrogen-bond acceptors (Lipinski definition) is 10. The van der Waals surface area contributed by atoms with E-state index in [-0.39, 0.29) is 37.4 Å². The second kappa shape index (κ2) is 12.6. The number of carbonyl (C=O) groups is 3. The first-order valence-corrected chi connectivity index (χ1v) is 14.7. The fourth-order valence-corrected chi connectivity index (χ4v) is 6.43. The molecular weight excluding hydrogens is 556 g/mol. The summed E-state index contributed by atoms with van der Waals surface area (Å²) in [4.78, 5) is 41.5. The van der Waals surface area contributed by atoms with E-state index in [4.69, 9.17) is 9.47 Å². The van der Waals surface area contributed by atoms with Crippen molar-refractivity contribution in [1.29, 1.82) is 0 Å². The van der Waals surface area contributed by atoms with Crippen molar-refractivity contribution in [1.82, 2.24) is 31.1 Å². The number of aliphatic hydroxyl groups is 2. The molecule has 6 atom stereocenters. The molecule has 0 saturated carbocycles. The molecule has 0 radical (unpaired) electrons. The Hall–Kier alpha value is -3.59. The topological polar surface area (TPSA) is 165 Å². The molecule has 13 heteroatoms. The number of rotatable bonds is 9. The van der Waals surface area contributed by atoms with E-state index < -0.39 is 43.0 Å². The summed E-state index contributed by atoms with van der Waals surface area (Å²) in [6.45, 7) is 0.596. The highest BCUT2D eigenvalue weighted by Gasteiger charge is 2.49. The quantitative estimate of drug-likeness (QED) is 0.229. The summed E-state index contributed by atoms with van der Waals surface area (Å²) in [5.74, 6) is -0.591. The van der Waals surface area contributed by atoms with Gasteiger partial charge >= 0.3 is 6.09 Å². The van der Waals surface area contributed by atoms with Gasteiger partial charge in [-0.05, 0) is 28.7 Å². The van der Waals surface area contributed by atoms with Crippen molar-refractivity contribution in [3.05, 3.63) is 59.7 Å². The third-order valence-corrected chi connectivity index (χ3v) is 8.68. The Labute approximate surface area is 249 Å². The van der Waals surface area contributed by atoms with Gasteiger partial charge < -0.3 is 35.2 Å². The number of aliphatic hydroxyl groups excluding tert-OH is 2. The molecule has 0 spiro atoms. The van der Waals surface area contributed by atoms with Crippen molar-refractivity contribution in [3.8, 4) is 11.1 Å². The molecule has 3 aliphatic heterocycles.